The van der Waals surface area contributed by atoms with Gasteiger partial charge in [-0.15, -0.1) is 0 Å². The molecule has 0 aliphatic carbocycles. The lowest BCUT2D eigenvalue weighted by Gasteiger charge is -2.31. The van der Waals surface area contributed by atoms with Gasteiger partial charge in [0.25, 0.3) is 0 Å². The zero-order chi connectivity index (χ0) is 18.1. The first-order valence-electron chi connectivity index (χ1n) is 8.31. The van der Waals surface area contributed by atoms with Crippen molar-refractivity contribution in [2.75, 3.05) is 18.8 Å². The number of rotatable bonds is 5. The third kappa shape index (κ3) is 4.03. The van der Waals surface area contributed by atoms with E-state index in [2.05, 4.69) is 4.72 Å². The smallest absolute Gasteiger partial charge is 0.212 e. The molecule has 0 spiro atoms. The summed E-state index contributed by atoms with van der Waals surface area (Å²) in [6, 6.07) is 12.4. The predicted octanol–water partition coefficient (Wildman–Crippen LogP) is 1.93. The molecule has 0 atom stereocenters. The van der Waals surface area contributed by atoms with Crippen LogP contribution in [0.15, 0.2) is 47.4 Å². The molecule has 1 N–H and O–H groups in total. The van der Waals surface area contributed by atoms with Crippen molar-refractivity contribution in [3.63, 3.8) is 0 Å². The lowest BCUT2D eigenvalue weighted by Crippen LogP contribution is -2.46. The van der Waals surface area contributed by atoms with Gasteiger partial charge in [0, 0.05) is 19.1 Å². The molecule has 0 saturated carbocycles. The SMILES string of the molecule is CCS(=O)(=O)N1CCC(NS(=O)(=O)c2ccc3ccccc3c2)CC1. The number of piperidine rings is 1. The van der Waals surface area contributed by atoms with E-state index < -0.39 is 20.0 Å². The molecule has 136 valence electrons. The molecule has 0 radical (unpaired) electrons. The molecule has 8 heteroatoms. The minimum atomic E-state index is -3.63. The Morgan fingerprint density at radius 2 is 1.64 bits per heavy atom. The highest BCUT2D eigenvalue weighted by Crippen LogP contribution is 2.21. The summed E-state index contributed by atoms with van der Waals surface area (Å²) in [5.41, 5.74) is 0. The van der Waals surface area contributed by atoms with Crippen LogP contribution in [0.5, 0.6) is 0 Å². The van der Waals surface area contributed by atoms with Crippen LogP contribution in [0.25, 0.3) is 10.8 Å². The number of benzene rings is 2. The van der Waals surface area contributed by atoms with Gasteiger partial charge in [0.1, 0.15) is 0 Å². The summed E-state index contributed by atoms with van der Waals surface area (Å²) in [6.45, 7) is 2.31. The summed E-state index contributed by atoms with van der Waals surface area (Å²) in [4.78, 5) is 0.231. The molecule has 6 nitrogen and oxygen atoms in total. The highest BCUT2D eigenvalue weighted by Gasteiger charge is 2.29. The standard InChI is InChI=1S/C17H22N2O4S2/c1-2-24(20,21)19-11-9-16(10-12-19)18-25(22,23)17-8-7-14-5-3-4-6-15(14)13-17/h3-8,13,16,18H,2,9-12H2,1H3. The minimum Gasteiger partial charge on any atom is -0.212 e. The van der Waals surface area contributed by atoms with Crippen molar-refractivity contribution >= 4 is 30.8 Å². The predicted molar refractivity (Wildman–Crippen MR) is 98.3 cm³/mol. The number of sulfonamides is 2. The molecule has 25 heavy (non-hydrogen) atoms. The molecule has 1 aliphatic heterocycles. The maximum atomic E-state index is 12.6. The number of nitrogens with zero attached hydrogens (tertiary/aromatic N) is 1. The van der Waals surface area contributed by atoms with Crippen molar-refractivity contribution in [2.24, 2.45) is 0 Å². The summed E-state index contributed by atoms with van der Waals surface area (Å²) in [5.74, 6) is 0.0699. The van der Waals surface area contributed by atoms with Crippen LogP contribution < -0.4 is 4.72 Å². The molecule has 2 aromatic carbocycles. The van der Waals surface area contributed by atoms with Gasteiger partial charge in [0.05, 0.1) is 10.6 Å². The van der Waals surface area contributed by atoms with Crippen LogP contribution in [0.2, 0.25) is 0 Å². The van der Waals surface area contributed by atoms with E-state index in [0.29, 0.717) is 25.9 Å². The Bertz CT molecular complexity index is 963. The van der Waals surface area contributed by atoms with E-state index in [1.54, 1.807) is 25.1 Å². The lowest BCUT2D eigenvalue weighted by molar-refractivity contribution is 0.309. The summed E-state index contributed by atoms with van der Waals surface area (Å²) in [7, 11) is -6.84. The third-order valence-corrected chi connectivity index (χ3v) is 7.96. The quantitative estimate of drug-likeness (QED) is 0.856. The van der Waals surface area contributed by atoms with E-state index in [9.17, 15) is 16.8 Å². The van der Waals surface area contributed by atoms with Crippen LogP contribution in [0, 0.1) is 0 Å². The lowest BCUT2D eigenvalue weighted by atomic mass is 10.1. The van der Waals surface area contributed by atoms with Crippen molar-refractivity contribution in [2.45, 2.75) is 30.7 Å². The first-order chi connectivity index (χ1) is 11.8. The Morgan fingerprint density at radius 1 is 1.00 bits per heavy atom. The summed E-state index contributed by atoms with van der Waals surface area (Å²) in [5, 5.41) is 1.86. The number of hydrogen-bond donors (Lipinski definition) is 1. The Hall–Kier alpha value is -1.48. The molecular formula is C17H22N2O4S2. The van der Waals surface area contributed by atoms with E-state index >= 15 is 0 Å². The van der Waals surface area contributed by atoms with Crippen molar-refractivity contribution in [3.05, 3.63) is 42.5 Å². The van der Waals surface area contributed by atoms with Gasteiger partial charge in [-0.05, 0) is 42.7 Å². The molecule has 0 unspecified atom stereocenters. The monoisotopic (exact) mass is 382 g/mol. The van der Waals surface area contributed by atoms with Crippen molar-refractivity contribution in [3.8, 4) is 0 Å². The molecule has 1 aliphatic rings. The molecule has 0 amide bonds. The second-order valence-electron chi connectivity index (χ2n) is 6.20. The van der Waals surface area contributed by atoms with Crippen molar-refractivity contribution in [1.29, 1.82) is 0 Å². The molecular weight excluding hydrogens is 360 g/mol. The fourth-order valence-corrected chi connectivity index (χ4v) is 5.53. The van der Waals surface area contributed by atoms with Gasteiger partial charge in [-0.25, -0.2) is 25.9 Å². The Labute approximate surface area is 148 Å². The van der Waals surface area contributed by atoms with E-state index in [-0.39, 0.29) is 16.7 Å². The van der Waals surface area contributed by atoms with Crippen LogP contribution in [0.3, 0.4) is 0 Å². The first kappa shape index (κ1) is 18.3. The van der Waals surface area contributed by atoms with E-state index in [0.717, 1.165) is 10.8 Å². The van der Waals surface area contributed by atoms with Gasteiger partial charge < -0.3 is 0 Å². The highest BCUT2D eigenvalue weighted by atomic mass is 32.2. The van der Waals surface area contributed by atoms with Crippen LogP contribution in [-0.2, 0) is 20.0 Å². The minimum absolute atomic E-state index is 0.0699. The second kappa shape index (κ2) is 7.03. The Morgan fingerprint density at radius 3 is 2.28 bits per heavy atom. The average Bonchev–Trinajstić information content (AvgIpc) is 2.61. The van der Waals surface area contributed by atoms with Gasteiger partial charge in [0.15, 0.2) is 0 Å². The molecule has 0 bridgehead atoms. The third-order valence-electron chi connectivity index (χ3n) is 4.57. The summed E-state index contributed by atoms with van der Waals surface area (Å²) in [6.07, 6.45) is 0.956. The molecule has 3 rings (SSSR count). The molecule has 2 aromatic rings. The first-order valence-corrected chi connectivity index (χ1v) is 11.4. The van der Waals surface area contributed by atoms with Crippen LogP contribution in [-0.4, -0.2) is 46.0 Å². The number of hydrogen-bond acceptors (Lipinski definition) is 4. The maximum Gasteiger partial charge on any atom is 0.240 e. The topological polar surface area (TPSA) is 83.6 Å². The fourth-order valence-electron chi connectivity index (χ4n) is 3.06. The zero-order valence-electron chi connectivity index (χ0n) is 14.1. The van der Waals surface area contributed by atoms with Crippen LogP contribution in [0.1, 0.15) is 19.8 Å². The van der Waals surface area contributed by atoms with Gasteiger partial charge in [-0.1, -0.05) is 30.3 Å². The normalized spacial score (nSPS) is 17.8. The van der Waals surface area contributed by atoms with Crippen molar-refractivity contribution in [1.82, 2.24) is 9.03 Å². The van der Waals surface area contributed by atoms with Gasteiger partial charge >= 0.3 is 0 Å². The maximum absolute atomic E-state index is 12.6. The zero-order valence-corrected chi connectivity index (χ0v) is 15.7. The van der Waals surface area contributed by atoms with Crippen LogP contribution >= 0.6 is 0 Å². The second-order valence-corrected chi connectivity index (χ2v) is 10.2. The average molecular weight is 383 g/mol. The Kier molecular flexibility index (Phi) is 5.15. The van der Waals surface area contributed by atoms with E-state index in [1.165, 1.54) is 4.31 Å². The Balaban J connectivity index is 1.71. The van der Waals surface area contributed by atoms with Gasteiger partial charge in [0.2, 0.25) is 20.0 Å². The van der Waals surface area contributed by atoms with E-state index in [4.69, 9.17) is 0 Å². The van der Waals surface area contributed by atoms with Crippen molar-refractivity contribution < 1.29 is 16.8 Å². The van der Waals surface area contributed by atoms with Gasteiger partial charge in [-0.2, -0.15) is 0 Å². The molecule has 1 fully saturated rings. The summed E-state index contributed by atoms with van der Waals surface area (Å²) >= 11 is 0. The molecule has 1 saturated heterocycles. The van der Waals surface area contributed by atoms with Gasteiger partial charge in [-0.3, -0.25) is 0 Å². The fraction of sp³-hybridized carbons (Fsp3) is 0.412. The highest BCUT2D eigenvalue weighted by molar-refractivity contribution is 7.89. The molecule has 1 heterocycles. The number of nitrogens with one attached hydrogen (secondary N) is 1. The summed E-state index contributed by atoms with van der Waals surface area (Å²) < 4.78 is 53.2. The van der Waals surface area contributed by atoms with E-state index in [1.807, 2.05) is 24.3 Å². The molecule has 0 aromatic heterocycles. The number of fused-ring (bicyclic) bond motifs is 1. The van der Waals surface area contributed by atoms with Crippen LogP contribution in [0.4, 0.5) is 0 Å². The largest absolute Gasteiger partial charge is 0.240 e.